The molecule has 0 heterocycles. The van der Waals surface area contributed by atoms with Gasteiger partial charge in [-0.25, -0.2) is 0 Å². The van der Waals surface area contributed by atoms with Gasteiger partial charge in [-0.2, -0.15) is 0 Å². The van der Waals surface area contributed by atoms with E-state index in [1.807, 2.05) is 6.92 Å². The molecule has 0 aliphatic heterocycles. The molecule has 128 valence electrons. The van der Waals surface area contributed by atoms with Gasteiger partial charge in [0.1, 0.15) is 0 Å². The van der Waals surface area contributed by atoms with Crippen molar-refractivity contribution in [2.75, 3.05) is 0 Å². The van der Waals surface area contributed by atoms with Crippen LogP contribution in [-0.2, 0) is 0 Å². The SMILES string of the molecule is C=C(C)/C=C/C(=C)CCCCCCCCCCCCCCC. The molecule has 0 aromatic heterocycles. The van der Waals surface area contributed by atoms with Crippen molar-refractivity contribution in [2.45, 2.75) is 104 Å². The normalized spacial score (nSPS) is 11.2. The lowest BCUT2D eigenvalue weighted by molar-refractivity contribution is 0.539. The summed E-state index contributed by atoms with van der Waals surface area (Å²) in [5.74, 6) is 0. The Morgan fingerprint density at radius 1 is 0.636 bits per heavy atom. The molecule has 0 aliphatic carbocycles. The molecule has 0 nitrogen and oxygen atoms in total. The molecule has 0 saturated heterocycles. The van der Waals surface area contributed by atoms with Crippen LogP contribution in [0.2, 0.25) is 0 Å². The van der Waals surface area contributed by atoms with Crippen LogP contribution in [0.1, 0.15) is 104 Å². The zero-order chi connectivity index (χ0) is 16.5. The second kappa shape index (κ2) is 16.6. The molecule has 0 N–H and O–H groups in total. The third kappa shape index (κ3) is 17.3. The Labute approximate surface area is 140 Å². The van der Waals surface area contributed by atoms with Gasteiger partial charge < -0.3 is 0 Å². The van der Waals surface area contributed by atoms with E-state index in [1.165, 1.54) is 89.0 Å². The predicted octanol–water partition coefficient (Wildman–Crippen LogP) is 8.16. The summed E-state index contributed by atoms with van der Waals surface area (Å²) in [6, 6.07) is 0. The molecule has 0 aromatic carbocycles. The lowest BCUT2D eigenvalue weighted by atomic mass is 10.0. The highest BCUT2D eigenvalue weighted by molar-refractivity contribution is 5.22. The Bertz CT molecular complexity index is 295. The molecule has 0 fully saturated rings. The molecule has 0 aliphatic rings. The third-order valence-electron chi connectivity index (χ3n) is 4.20. The number of unbranched alkanes of at least 4 members (excludes halogenated alkanes) is 12. The second-order valence-corrected chi connectivity index (χ2v) is 6.83. The highest BCUT2D eigenvalue weighted by Crippen LogP contribution is 2.14. The fourth-order valence-corrected chi connectivity index (χ4v) is 2.71. The van der Waals surface area contributed by atoms with E-state index in [-0.39, 0.29) is 0 Å². The summed E-state index contributed by atoms with van der Waals surface area (Å²) < 4.78 is 0. The van der Waals surface area contributed by atoms with E-state index >= 15 is 0 Å². The van der Waals surface area contributed by atoms with E-state index in [1.54, 1.807) is 0 Å². The van der Waals surface area contributed by atoms with Gasteiger partial charge in [0.2, 0.25) is 0 Å². The van der Waals surface area contributed by atoms with Gasteiger partial charge in [0, 0.05) is 0 Å². The fraction of sp³-hybridized carbons (Fsp3) is 0.727. The summed E-state index contributed by atoms with van der Waals surface area (Å²) in [5, 5.41) is 0. The van der Waals surface area contributed by atoms with Crippen LogP contribution in [0.25, 0.3) is 0 Å². The molecule has 0 bridgehead atoms. The lowest BCUT2D eigenvalue weighted by Crippen LogP contribution is -1.84. The Hall–Kier alpha value is -0.780. The molecule has 0 atom stereocenters. The van der Waals surface area contributed by atoms with Crippen LogP contribution >= 0.6 is 0 Å². The largest absolute Gasteiger partial charge is 0.0961 e. The Morgan fingerprint density at radius 3 is 1.45 bits per heavy atom. The van der Waals surface area contributed by atoms with Crippen LogP contribution in [0, 0.1) is 0 Å². The van der Waals surface area contributed by atoms with Crippen molar-refractivity contribution in [1.82, 2.24) is 0 Å². The molecule has 0 unspecified atom stereocenters. The van der Waals surface area contributed by atoms with E-state index in [0.717, 1.165) is 12.0 Å². The van der Waals surface area contributed by atoms with E-state index < -0.39 is 0 Å². The first-order valence-corrected chi connectivity index (χ1v) is 9.68. The standard InChI is InChI=1S/C22H40/c1-5-6-7-8-9-10-11-12-13-14-15-16-17-18-22(4)20-19-21(2)3/h19-20H,2,4-18H2,1,3H3/b20-19+. The van der Waals surface area contributed by atoms with Crippen LogP contribution in [-0.4, -0.2) is 0 Å². The number of allylic oxidation sites excluding steroid dienone is 4. The lowest BCUT2D eigenvalue weighted by Gasteiger charge is -2.03. The van der Waals surface area contributed by atoms with Crippen LogP contribution in [0.4, 0.5) is 0 Å². The van der Waals surface area contributed by atoms with Gasteiger partial charge in [0.25, 0.3) is 0 Å². The van der Waals surface area contributed by atoms with Crippen molar-refractivity contribution in [3.63, 3.8) is 0 Å². The van der Waals surface area contributed by atoms with Crippen LogP contribution in [0.3, 0.4) is 0 Å². The van der Waals surface area contributed by atoms with Crippen LogP contribution in [0.5, 0.6) is 0 Å². The van der Waals surface area contributed by atoms with Crippen molar-refractivity contribution in [3.05, 3.63) is 36.5 Å². The van der Waals surface area contributed by atoms with Gasteiger partial charge >= 0.3 is 0 Å². The predicted molar refractivity (Wildman–Crippen MR) is 103 cm³/mol. The van der Waals surface area contributed by atoms with E-state index in [2.05, 4.69) is 32.2 Å². The number of hydrogen-bond acceptors (Lipinski definition) is 0. The molecule has 0 aromatic rings. The van der Waals surface area contributed by atoms with Gasteiger partial charge in [-0.15, -0.1) is 0 Å². The average Bonchev–Trinajstić information content (AvgIpc) is 2.49. The van der Waals surface area contributed by atoms with E-state index in [4.69, 9.17) is 0 Å². The summed E-state index contributed by atoms with van der Waals surface area (Å²) >= 11 is 0. The van der Waals surface area contributed by atoms with Crippen molar-refractivity contribution < 1.29 is 0 Å². The minimum atomic E-state index is 1.10. The smallest absolute Gasteiger partial charge is 0.0285 e. The maximum Gasteiger partial charge on any atom is -0.0285 e. The summed E-state index contributed by atoms with van der Waals surface area (Å²) in [4.78, 5) is 0. The fourth-order valence-electron chi connectivity index (χ4n) is 2.71. The van der Waals surface area contributed by atoms with Gasteiger partial charge in [0.05, 0.1) is 0 Å². The quantitative estimate of drug-likeness (QED) is 0.199. The number of hydrogen-bond donors (Lipinski definition) is 0. The maximum absolute atomic E-state index is 4.09. The molecule has 0 rings (SSSR count). The third-order valence-corrected chi connectivity index (χ3v) is 4.20. The highest BCUT2D eigenvalue weighted by Gasteiger charge is 1.94. The first-order chi connectivity index (χ1) is 10.7. The summed E-state index contributed by atoms with van der Waals surface area (Å²) in [6.45, 7) is 12.3. The summed E-state index contributed by atoms with van der Waals surface area (Å²) in [6.07, 6.45) is 23.7. The van der Waals surface area contributed by atoms with Gasteiger partial charge in [0.15, 0.2) is 0 Å². The Kier molecular flexibility index (Phi) is 16.0. The van der Waals surface area contributed by atoms with Crippen molar-refractivity contribution in [2.24, 2.45) is 0 Å². The molecular weight excluding hydrogens is 264 g/mol. The van der Waals surface area contributed by atoms with Crippen molar-refractivity contribution in [3.8, 4) is 0 Å². The molecule has 0 heteroatoms. The minimum absolute atomic E-state index is 1.10. The number of rotatable bonds is 16. The molecular formula is C22H40. The van der Waals surface area contributed by atoms with Crippen molar-refractivity contribution in [1.29, 1.82) is 0 Å². The monoisotopic (exact) mass is 304 g/mol. The Balaban J connectivity index is 3.17. The van der Waals surface area contributed by atoms with Gasteiger partial charge in [-0.1, -0.05) is 120 Å². The van der Waals surface area contributed by atoms with Gasteiger partial charge in [-0.3, -0.25) is 0 Å². The molecule has 22 heavy (non-hydrogen) atoms. The van der Waals surface area contributed by atoms with Crippen molar-refractivity contribution >= 4 is 0 Å². The van der Waals surface area contributed by atoms with Crippen LogP contribution < -0.4 is 0 Å². The first kappa shape index (κ1) is 21.2. The molecule has 0 spiro atoms. The average molecular weight is 305 g/mol. The zero-order valence-corrected chi connectivity index (χ0v) is 15.5. The van der Waals surface area contributed by atoms with Gasteiger partial charge in [-0.05, 0) is 19.8 Å². The summed E-state index contributed by atoms with van der Waals surface area (Å²) in [7, 11) is 0. The first-order valence-electron chi connectivity index (χ1n) is 9.68. The topological polar surface area (TPSA) is 0 Å². The second-order valence-electron chi connectivity index (χ2n) is 6.83. The van der Waals surface area contributed by atoms with Crippen LogP contribution in [0.15, 0.2) is 36.5 Å². The molecule has 0 amide bonds. The van der Waals surface area contributed by atoms with E-state index in [9.17, 15) is 0 Å². The van der Waals surface area contributed by atoms with E-state index in [0.29, 0.717) is 0 Å². The highest BCUT2D eigenvalue weighted by atomic mass is 14.0. The zero-order valence-electron chi connectivity index (χ0n) is 15.5. The maximum atomic E-state index is 4.09. The minimum Gasteiger partial charge on any atom is -0.0961 e. The Morgan fingerprint density at radius 2 is 1.05 bits per heavy atom. The molecule has 0 saturated carbocycles. The molecule has 0 radical (unpaired) electrons. The summed E-state index contributed by atoms with van der Waals surface area (Å²) in [5.41, 5.74) is 2.34.